The first-order valence-corrected chi connectivity index (χ1v) is 8.50. The van der Waals surface area contributed by atoms with Gasteiger partial charge < -0.3 is 5.11 Å². The lowest BCUT2D eigenvalue weighted by Gasteiger charge is -2.51. The minimum absolute atomic E-state index is 0.0724. The maximum Gasteiger partial charge on any atom is 0.137 e. The number of hydrogen-bond acceptors (Lipinski definition) is 2. The van der Waals surface area contributed by atoms with Crippen molar-refractivity contribution in [3.8, 4) is 0 Å². The molecule has 0 saturated heterocycles. The van der Waals surface area contributed by atoms with Crippen molar-refractivity contribution in [1.29, 1.82) is 0 Å². The Hall–Kier alpha value is -0.630. The second-order valence-corrected chi connectivity index (χ2v) is 7.90. The minimum atomic E-state index is -0.0724. The third-order valence-corrected chi connectivity index (χ3v) is 7.15. The summed E-state index contributed by atoms with van der Waals surface area (Å²) in [6.45, 7) is 2.33. The lowest BCUT2D eigenvalue weighted by Crippen LogP contribution is -2.45. The van der Waals surface area contributed by atoms with Crippen LogP contribution in [0.4, 0.5) is 0 Å². The van der Waals surface area contributed by atoms with E-state index in [1.807, 2.05) is 0 Å². The summed E-state index contributed by atoms with van der Waals surface area (Å²) in [6, 6.07) is 0. The Kier molecular flexibility index (Phi) is 2.89. The summed E-state index contributed by atoms with van der Waals surface area (Å²) in [4.78, 5) is 11.7. The molecule has 0 aliphatic heterocycles. The second kappa shape index (κ2) is 4.43. The van der Waals surface area contributed by atoms with Crippen LogP contribution >= 0.6 is 0 Å². The van der Waals surface area contributed by atoms with Gasteiger partial charge in [-0.1, -0.05) is 18.1 Å². The van der Waals surface area contributed by atoms with E-state index in [4.69, 9.17) is 0 Å². The molecule has 0 radical (unpaired) electrons. The van der Waals surface area contributed by atoms with E-state index in [-0.39, 0.29) is 11.5 Å². The molecule has 0 aromatic carbocycles. The van der Waals surface area contributed by atoms with Gasteiger partial charge in [-0.25, -0.2) is 0 Å². The van der Waals surface area contributed by atoms with E-state index in [2.05, 4.69) is 6.92 Å². The zero-order chi connectivity index (χ0) is 13.9. The first-order valence-electron chi connectivity index (χ1n) is 8.50. The van der Waals surface area contributed by atoms with Gasteiger partial charge in [-0.05, 0) is 68.1 Å². The molecule has 20 heavy (non-hydrogen) atoms. The maximum absolute atomic E-state index is 11.7. The number of carbonyl (C=O) groups is 1. The highest BCUT2D eigenvalue weighted by atomic mass is 16.3. The van der Waals surface area contributed by atoms with Crippen molar-refractivity contribution in [3.63, 3.8) is 0 Å². The van der Waals surface area contributed by atoms with Gasteiger partial charge in [0.25, 0.3) is 0 Å². The van der Waals surface area contributed by atoms with Crippen LogP contribution in [0.25, 0.3) is 0 Å². The van der Waals surface area contributed by atoms with E-state index in [9.17, 15) is 9.90 Å². The van der Waals surface area contributed by atoms with E-state index in [1.54, 1.807) is 5.57 Å². The first-order chi connectivity index (χ1) is 9.59. The minimum Gasteiger partial charge on any atom is -0.393 e. The van der Waals surface area contributed by atoms with Crippen LogP contribution in [0.1, 0.15) is 64.7 Å². The largest absolute Gasteiger partial charge is 0.393 e. The molecule has 0 spiro atoms. The Balaban J connectivity index is 1.65. The van der Waals surface area contributed by atoms with Crippen molar-refractivity contribution in [2.24, 2.45) is 23.2 Å². The van der Waals surface area contributed by atoms with Gasteiger partial charge in [0.1, 0.15) is 5.78 Å². The van der Waals surface area contributed by atoms with Crippen molar-refractivity contribution in [2.75, 3.05) is 0 Å². The lowest BCUT2D eigenvalue weighted by atomic mass is 9.54. The summed E-state index contributed by atoms with van der Waals surface area (Å²) in [5.74, 6) is 2.72. The lowest BCUT2D eigenvalue weighted by molar-refractivity contribution is -0.119. The molecule has 1 N–H and O–H groups in total. The fourth-order valence-corrected chi connectivity index (χ4v) is 6.02. The summed E-state index contributed by atoms with van der Waals surface area (Å²) in [5, 5.41) is 10.4. The number of rotatable bonds is 0. The summed E-state index contributed by atoms with van der Waals surface area (Å²) >= 11 is 0. The number of aliphatic hydroxyl groups excluding tert-OH is 1. The van der Waals surface area contributed by atoms with Gasteiger partial charge in [0.05, 0.1) is 6.10 Å². The summed E-state index contributed by atoms with van der Waals surface area (Å²) in [5.41, 5.74) is 3.36. The average Bonchev–Trinajstić information content (AvgIpc) is 2.74. The zero-order valence-electron chi connectivity index (χ0n) is 12.5. The Morgan fingerprint density at radius 1 is 1.10 bits per heavy atom. The quantitative estimate of drug-likeness (QED) is 0.685. The van der Waals surface area contributed by atoms with Crippen LogP contribution in [0.5, 0.6) is 0 Å². The molecule has 110 valence electrons. The molecule has 2 saturated carbocycles. The summed E-state index contributed by atoms with van der Waals surface area (Å²) < 4.78 is 0. The molecule has 4 rings (SSSR count). The molecular weight excluding hydrogens is 248 g/mol. The van der Waals surface area contributed by atoms with Gasteiger partial charge in [-0.15, -0.1) is 0 Å². The van der Waals surface area contributed by atoms with Crippen LogP contribution in [-0.4, -0.2) is 17.0 Å². The molecule has 4 aliphatic carbocycles. The highest BCUT2D eigenvalue weighted by Crippen LogP contribution is 2.60. The Labute approximate surface area is 121 Å². The predicted octanol–water partition coefficient (Wildman–Crippen LogP) is 3.63. The molecule has 0 amide bonds. The Bertz CT molecular complexity index is 478. The second-order valence-electron chi connectivity index (χ2n) is 7.90. The molecule has 0 heterocycles. The molecule has 0 aromatic heterocycles. The van der Waals surface area contributed by atoms with Gasteiger partial charge in [0, 0.05) is 12.8 Å². The van der Waals surface area contributed by atoms with E-state index < -0.39 is 0 Å². The van der Waals surface area contributed by atoms with E-state index in [0.717, 1.165) is 49.9 Å². The van der Waals surface area contributed by atoms with Crippen LogP contribution in [0.15, 0.2) is 11.1 Å². The van der Waals surface area contributed by atoms with Crippen LogP contribution in [0.3, 0.4) is 0 Å². The smallest absolute Gasteiger partial charge is 0.137 e. The fraction of sp³-hybridized carbons (Fsp3) is 0.833. The number of carbonyl (C=O) groups excluding carboxylic acids is 1. The van der Waals surface area contributed by atoms with Gasteiger partial charge in [-0.2, -0.15) is 0 Å². The highest BCUT2D eigenvalue weighted by molar-refractivity contribution is 5.82. The standard InChI is InChI=1S/C18H26O2/c1-18-9-8-14-13-5-3-12(19)10-11(13)2-4-15(14)16(18)6-7-17(18)20/h14-17,20H,2-10H2,1H3/t14-,15-,16+,17?,18+/m1/s1. The van der Waals surface area contributed by atoms with Gasteiger partial charge in [0.15, 0.2) is 0 Å². The molecule has 2 heteroatoms. The van der Waals surface area contributed by atoms with E-state index in [0.29, 0.717) is 5.78 Å². The molecule has 2 fully saturated rings. The normalized spacial score (nSPS) is 47.8. The fourth-order valence-electron chi connectivity index (χ4n) is 6.02. The van der Waals surface area contributed by atoms with Crippen LogP contribution in [-0.2, 0) is 4.79 Å². The molecular formula is C18H26O2. The van der Waals surface area contributed by atoms with Crippen LogP contribution in [0, 0.1) is 23.2 Å². The molecule has 0 bridgehead atoms. The molecule has 0 aromatic rings. The van der Waals surface area contributed by atoms with Crippen molar-refractivity contribution >= 4 is 5.78 Å². The first kappa shape index (κ1) is 13.1. The zero-order valence-corrected chi connectivity index (χ0v) is 12.5. The van der Waals surface area contributed by atoms with Crippen molar-refractivity contribution in [1.82, 2.24) is 0 Å². The highest BCUT2D eigenvalue weighted by Gasteiger charge is 2.54. The number of fused-ring (bicyclic) bond motifs is 4. The van der Waals surface area contributed by atoms with Gasteiger partial charge in [-0.3, -0.25) is 4.79 Å². The molecule has 5 atom stereocenters. The topological polar surface area (TPSA) is 37.3 Å². The number of ketones is 1. The molecule has 2 nitrogen and oxygen atoms in total. The van der Waals surface area contributed by atoms with Crippen molar-refractivity contribution in [3.05, 3.63) is 11.1 Å². The predicted molar refractivity (Wildman–Crippen MR) is 78.2 cm³/mol. The Morgan fingerprint density at radius 3 is 2.80 bits per heavy atom. The number of allylic oxidation sites excluding steroid dienone is 2. The summed E-state index contributed by atoms with van der Waals surface area (Å²) in [7, 11) is 0. The van der Waals surface area contributed by atoms with Gasteiger partial charge >= 0.3 is 0 Å². The summed E-state index contributed by atoms with van der Waals surface area (Å²) in [6.07, 6.45) is 9.60. The van der Waals surface area contributed by atoms with E-state index >= 15 is 0 Å². The monoisotopic (exact) mass is 274 g/mol. The Morgan fingerprint density at radius 2 is 1.95 bits per heavy atom. The van der Waals surface area contributed by atoms with Crippen LogP contribution < -0.4 is 0 Å². The van der Waals surface area contributed by atoms with Crippen LogP contribution in [0.2, 0.25) is 0 Å². The number of aliphatic hydroxyl groups is 1. The SMILES string of the molecule is C[C@]12CC[C@@H]3C4=C(CC[C@H]3[C@@H]1CCC2O)CC(=O)CC4. The van der Waals surface area contributed by atoms with E-state index in [1.165, 1.54) is 31.3 Å². The third kappa shape index (κ3) is 1.70. The van der Waals surface area contributed by atoms with Crippen molar-refractivity contribution in [2.45, 2.75) is 70.8 Å². The average molecular weight is 274 g/mol. The van der Waals surface area contributed by atoms with Crippen molar-refractivity contribution < 1.29 is 9.90 Å². The third-order valence-electron chi connectivity index (χ3n) is 7.15. The molecule has 1 unspecified atom stereocenters. The maximum atomic E-state index is 11.7. The number of Topliss-reactive ketones (excluding diaryl/α,β-unsaturated/α-hetero) is 1. The number of hydrogen-bond donors (Lipinski definition) is 1. The molecule has 4 aliphatic rings. The van der Waals surface area contributed by atoms with Gasteiger partial charge in [0.2, 0.25) is 0 Å².